The minimum Gasteiger partial charge on any atom is -0.395 e. The molecule has 0 unspecified atom stereocenters. The molecule has 0 fully saturated rings. The highest BCUT2D eigenvalue weighted by Crippen LogP contribution is 2.10. The van der Waals surface area contributed by atoms with Gasteiger partial charge in [0.25, 0.3) is 5.56 Å². The first-order chi connectivity index (χ1) is 10.1. The van der Waals surface area contributed by atoms with E-state index in [1.165, 1.54) is 10.5 Å². The number of nitrogens with zero attached hydrogens (tertiary/aromatic N) is 3. The predicted molar refractivity (Wildman–Crippen MR) is 83.4 cm³/mol. The number of methoxy groups -OCH3 is 1. The zero-order valence-corrected chi connectivity index (χ0v) is 13.4. The summed E-state index contributed by atoms with van der Waals surface area (Å²) in [7, 11) is 1.63. The molecule has 0 aliphatic carbocycles. The maximum Gasteiger partial charge on any atom is 0.258 e. The Kier molecular flexibility index (Phi) is 5.86. The number of pyridine rings is 1. The van der Waals surface area contributed by atoms with Crippen LogP contribution in [0.3, 0.4) is 0 Å². The molecule has 0 saturated carbocycles. The summed E-state index contributed by atoms with van der Waals surface area (Å²) >= 11 is 3.34. The summed E-state index contributed by atoms with van der Waals surface area (Å²) in [5, 5.41) is 9.10. The summed E-state index contributed by atoms with van der Waals surface area (Å²) in [6.45, 7) is 2.33. The van der Waals surface area contributed by atoms with E-state index in [4.69, 9.17) is 9.84 Å². The minimum atomic E-state index is -0.119. The molecule has 1 N–H and O–H groups in total. The monoisotopic (exact) mass is 355 g/mol. The average Bonchev–Trinajstić information content (AvgIpc) is 2.46. The van der Waals surface area contributed by atoms with Crippen LogP contribution in [-0.2, 0) is 11.3 Å². The van der Waals surface area contributed by atoms with Gasteiger partial charge in [-0.1, -0.05) is 0 Å². The second-order valence-corrected chi connectivity index (χ2v) is 5.57. The molecule has 2 rings (SSSR count). The molecule has 0 spiro atoms. The molecule has 0 radical (unpaired) electrons. The lowest BCUT2D eigenvalue weighted by Crippen LogP contribution is -2.31. The van der Waals surface area contributed by atoms with Gasteiger partial charge in [0.05, 0.1) is 18.9 Å². The van der Waals surface area contributed by atoms with E-state index in [2.05, 4.69) is 20.9 Å². The summed E-state index contributed by atoms with van der Waals surface area (Å²) in [6.07, 6.45) is 1.70. The van der Waals surface area contributed by atoms with Crippen molar-refractivity contribution in [2.75, 3.05) is 33.4 Å². The van der Waals surface area contributed by atoms with Crippen molar-refractivity contribution in [1.29, 1.82) is 0 Å². The largest absolute Gasteiger partial charge is 0.395 e. The second kappa shape index (κ2) is 7.65. The van der Waals surface area contributed by atoms with E-state index >= 15 is 0 Å². The Morgan fingerprint density at radius 3 is 2.95 bits per heavy atom. The highest BCUT2D eigenvalue weighted by molar-refractivity contribution is 9.10. The SMILES string of the molecule is COCCN(CCO)Cc1cc(=O)n2cc(Br)ccc2n1. The van der Waals surface area contributed by atoms with E-state index in [0.29, 0.717) is 37.6 Å². The molecule has 0 bridgehead atoms. The van der Waals surface area contributed by atoms with Crippen molar-refractivity contribution in [3.05, 3.63) is 44.9 Å². The Balaban J connectivity index is 2.25. The van der Waals surface area contributed by atoms with Crippen LogP contribution in [0.5, 0.6) is 0 Å². The van der Waals surface area contributed by atoms with Gasteiger partial charge in [-0.3, -0.25) is 14.1 Å². The first kappa shape index (κ1) is 16.1. The smallest absolute Gasteiger partial charge is 0.258 e. The third kappa shape index (κ3) is 4.34. The summed E-state index contributed by atoms with van der Waals surface area (Å²) in [4.78, 5) is 18.6. The standard InChI is InChI=1S/C14H18BrN3O3/c1-21-7-5-17(4-6-19)10-12-8-14(20)18-9-11(15)2-3-13(18)16-12/h2-3,8-9,19H,4-7,10H2,1H3. The fraction of sp³-hybridized carbons (Fsp3) is 0.429. The van der Waals surface area contributed by atoms with Crippen LogP contribution in [0.4, 0.5) is 0 Å². The highest BCUT2D eigenvalue weighted by Gasteiger charge is 2.09. The van der Waals surface area contributed by atoms with Crippen LogP contribution in [0.2, 0.25) is 0 Å². The Bertz CT molecular complexity index is 659. The van der Waals surface area contributed by atoms with E-state index in [0.717, 1.165) is 4.47 Å². The summed E-state index contributed by atoms with van der Waals surface area (Å²) in [5.41, 5.74) is 1.18. The Morgan fingerprint density at radius 1 is 1.43 bits per heavy atom. The van der Waals surface area contributed by atoms with Crippen molar-refractivity contribution in [3.8, 4) is 0 Å². The van der Waals surface area contributed by atoms with Gasteiger partial charge in [-0.15, -0.1) is 0 Å². The lowest BCUT2D eigenvalue weighted by atomic mass is 10.3. The fourth-order valence-corrected chi connectivity index (χ4v) is 2.40. The molecule has 2 heterocycles. The van der Waals surface area contributed by atoms with Crippen molar-refractivity contribution in [2.45, 2.75) is 6.54 Å². The molecule has 2 aromatic rings. The molecule has 2 aromatic heterocycles. The number of ether oxygens (including phenoxy) is 1. The normalized spacial score (nSPS) is 11.4. The van der Waals surface area contributed by atoms with Gasteiger partial charge in [-0.05, 0) is 28.1 Å². The Labute approximate surface area is 131 Å². The van der Waals surface area contributed by atoms with Crippen molar-refractivity contribution in [2.24, 2.45) is 0 Å². The first-order valence-corrected chi connectivity index (χ1v) is 7.43. The van der Waals surface area contributed by atoms with Crippen LogP contribution < -0.4 is 5.56 Å². The molecule has 0 atom stereocenters. The van der Waals surface area contributed by atoms with Crippen LogP contribution >= 0.6 is 15.9 Å². The lowest BCUT2D eigenvalue weighted by Gasteiger charge is -2.20. The molecule has 0 aromatic carbocycles. The van der Waals surface area contributed by atoms with Crippen LogP contribution in [0.25, 0.3) is 5.65 Å². The fourth-order valence-electron chi connectivity index (χ4n) is 2.07. The molecular formula is C14H18BrN3O3. The number of hydrogen-bond donors (Lipinski definition) is 1. The van der Waals surface area contributed by atoms with E-state index in [1.54, 1.807) is 19.4 Å². The third-order valence-corrected chi connectivity index (χ3v) is 3.56. The maximum absolute atomic E-state index is 12.1. The molecule has 0 saturated heterocycles. The topological polar surface area (TPSA) is 67.1 Å². The molecule has 6 nitrogen and oxygen atoms in total. The van der Waals surface area contributed by atoms with Gasteiger partial charge in [0.2, 0.25) is 0 Å². The second-order valence-electron chi connectivity index (χ2n) is 4.65. The molecule has 0 amide bonds. The molecule has 0 aliphatic rings. The van der Waals surface area contributed by atoms with Crippen molar-refractivity contribution >= 4 is 21.6 Å². The maximum atomic E-state index is 12.1. The third-order valence-electron chi connectivity index (χ3n) is 3.09. The summed E-state index contributed by atoms with van der Waals surface area (Å²) in [5.74, 6) is 0. The van der Waals surface area contributed by atoms with E-state index in [1.807, 2.05) is 11.0 Å². The first-order valence-electron chi connectivity index (χ1n) is 6.64. The number of aliphatic hydroxyl groups excluding tert-OH is 1. The summed E-state index contributed by atoms with van der Waals surface area (Å²) < 4.78 is 7.38. The van der Waals surface area contributed by atoms with Gasteiger partial charge in [0.15, 0.2) is 0 Å². The Morgan fingerprint density at radius 2 is 2.24 bits per heavy atom. The van der Waals surface area contributed by atoms with Crippen LogP contribution in [0.15, 0.2) is 33.7 Å². The lowest BCUT2D eigenvalue weighted by molar-refractivity contribution is 0.126. The predicted octanol–water partition coefficient (Wildman–Crippen LogP) is 0.898. The quantitative estimate of drug-likeness (QED) is 0.799. The molecule has 21 heavy (non-hydrogen) atoms. The highest BCUT2D eigenvalue weighted by atomic mass is 79.9. The van der Waals surface area contributed by atoms with Gasteiger partial charge >= 0.3 is 0 Å². The minimum absolute atomic E-state index is 0.0588. The Hall–Kier alpha value is -1.28. The van der Waals surface area contributed by atoms with E-state index in [-0.39, 0.29) is 12.2 Å². The van der Waals surface area contributed by atoms with Gasteiger partial charge < -0.3 is 9.84 Å². The van der Waals surface area contributed by atoms with Gasteiger partial charge in [-0.25, -0.2) is 4.98 Å². The number of halogens is 1. The van der Waals surface area contributed by atoms with E-state index < -0.39 is 0 Å². The van der Waals surface area contributed by atoms with Crippen molar-refractivity contribution in [1.82, 2.24) is 14.3 Å². The number of rotatable bonds is 7. The number of aliphatic hydroxyl groups is 1. The average molecular weight is 356 g/mol. The number of fused-ring (bicyclic) bond motifs is 1. The van der Waals surface area contributed by atoms with Gasteiger partial charge in [-0.2, -0.15) is 0 Å². The molecular weight excluding hydrogens is 338 g/mol. The van der Waals surface area contributed by atoms with Crippen molar-refractivity contribution < 1.29 is 9.84 Å². The van der Waals surface area contributed by atoms with Crippen molar-refractivity contribution in [3.63, 3.8) is 0 Å². The van der Waals surface area contributed by atoms with E-state index in [9.17, 15) is 4.79 Å². The summed E-state index contributed by atoms with van der Waals surface area (Å²) in [6, 6.07) is 5.17. The van der Waals surface area contributed by atoms with Gasteiger partial charge in [0, 0.05) is 43.5 Å². The van der Waals surface area contributed by atoms with Gasteiger partial charge in [0.1, 0.15) is 5.65 Å². The molecule has 7 heteroatoms. The van der Waals surface area contributed by atoms with Crippen LogP contribution in [0.1, 0.15) is 5.69 Å². The van der Waals surface area contributed by atoms with Crippen LogP contribution in [-0.4, -0.2) is 52.8 Å². The molecule has 114 valence electrons. The zero-order valence-electron chi connectivity index (χ0n) is 11.8. The molecule has 0 aliphatic heterocycles. The number of aromatic nitrogens is 2. The number of hydrogen-bond acceptors (Lipinski definition) is 5. The van der Waals surface area contributed by atoms with Crippen LogP contribution in [0, 0.1) is 0 Å². The zero-order chi connectivity index (χ0) is 15.2.